The summed E-state index contributed by atoms with van der Waals surface area (Å²) in [5.74, 6) is 0.572. The van der Waals surface area contributed by atoms with Crippen molar-refractivity contribution in [2.24, 2.45) is 5.92 Å². The van der Waals surface area contributed by atoms with Crippen molar-refractivity contribution in [2.75, 3.05) is 50.8 Å². The zero-order chi connectivity index (χ0) is 17.8. The van der Waals surface area contributed by atoms with Gasteiger partial charge in [-0.2, -0.15) is 0 Å². The predicted octanol–water partition coefficient (Wildman–Crippen LogP) is 2.82. The van der Waals surface area contributed by atoms with Gasteiger partial charge in [0.05, 0.1) is 13.2 Å². The van der Waals surface area contributed by atoms with Crippen LogP contribution in [0.5, 0.6) is 0 Å². The molecule has 0 unspecified atom stereocenters. The average molecular weight is 377 g/mol. The maximum atomic E-state index is 13.0. The van der Waals surface area contributed by atoms with Gasteiger partial charge in [-0.25, -0.2) is 4.39 Å². The quantitative estimate of drug-likeness (QED) is 0.803. The van der Waals surface area contributed by atoms with Gasteiger partial charge in [0.2, 0.25) is 5.13 Å². The van der Waals surface area contributed by atoms with E-state index in [2.05, 4.69) is 20.0 Å². The molecular weight excluding hydrogens is 351 g/mol. The molecular formula is C19H25FN4OS. The smallest absolute Gasteiger partial charge is 0.208 e. The summed E-state index contributed by atoms with van der Waals surface area (Å²) < 4.78 is 18.4. The molecule has 0 bridgehead atoms. The van der Waals surface area contributed by atoms with Crippen LogP contribution in [0, 0.1) is 11.7 Å². The molecule has 4 rings (SSSR count). The van der Waals surface area contributed by atoms with Crippen LogP contribution in [0.25, 0.3) is 0 Å². The summed E-state index contributed by atoms with van der Waals surface area (Å²) in [5.41, 5.74) is 1.07. The second-order valence-electron chi connectivity index (χ2n) is 7.13. The fraction of sp³-hybridized carbons (Fsp3) is 0.579. The van der Waals surface area contributed by atoms with Crippen molar-refractivity contribution in [1.82, 2.24) is 15.1 Å². The summed E-state index contributed by atoms with van der Waals surface area (Å²) in [6.45, 7) is 7.21. The van der Waals surface area contributed by atoms with Crippen LogP contribution in [0.3, 0.4) is 0 Å². The van der Waals surface area contributed by atoms with Crippen LogP contribution in [-0.2, 0) is 11.2 Å². The Morgan fingerprint density at radius 3 is 2.50 bits per heavy atom. The molecule has 2 fully saturated rings. The minimum absolute atomic E-state index is 0.202. The molecule has 0 spiro atoms. The lowest BCUT2D eigenvalue weighted by Gasteiger charge is -2.35. The van der Waals surface area contributed by atoms with Crippen LogP contribution in [-0.4, -0.2) is 61.0 Å². The second-order valence-corrected chi connectivity index (χ2v) is 8.17. The standard InChI is InChI=1S/C19H25FN4OS/c20-17-3-1-15(2-4-17)13-18-21-22-19(26-18)24-7-5-16(6-8-24)14-23-9-11-25-12-10-23/h1-4,16H,5-14H2. The van der Waals surface area contributed by atoms with Gasteiger partial charge >= 0.3 is 0 Å². The molecule has 26 heavy (non-hydrogen) atoms. The highest BCUT2D eigenvalue weighted by Crippen LogP contribution is 2.27. The fourth-order valence-electron chi connectivity index (χ4n) is 3.68. The second kappa shape index (κ2) is 8.41. The molecule has 5 nitrogen and oxygen atoms in total. The molecule has 2 aromatic rings. The predicted molar refractivity (Wildman–Crippen MR) is 101 cm³/mol. The van der Waals surface area contributed by atoms with Crippen LogP contribution in [0.4, 0.5) is 9.52 Å². The van der Waals surface area contributed by atoms with Gasteiger partial charge in [0.25, 0.3) is 0 Å². The number of hydrogen-bond acceptors (Lipinski definition) is 6. The molecule has 0 N–H and O–H groups in total. The minimum Gasteiger partial charge on any atom is -0.379 e. The molecule has 1 aromatic heterocycles. The monoisotopic (exact) mass is 376 g/mol. The number of nitrogens with zero attached hydrogens (tertiary/aromatic N) is 4. The molecule has 0 aliphatic carbocycles. The summed E-state index contributed by atoms with van der Waals surface area (Å²) in [6.07, 6.45) is 3.14. The number of morpholine rings is 1. The van der Waals surface area contributed by atoms with Crippen molar-refractivity contribution >= 4 is 16.5 Å². The van der Waals surface area contributed by atoms with E-state index in [1.807, 2.05) is 12.1 Å². The van der Waals surface area contributed by atoms with E-state index in [4.69, 9.17) is 4.74 Å². The van der Waals surface area contributed by atoms with Gasteiger partial charge < -0.3 is 9.64 Å². The highest BCUT2D eigenvalue weighted by Gasteiger charge is 2.24. The zero-order valence-corrected chi connectivity index (χ0v) is 15.8. The van der Waals surface area contributed by atoms with Gasteiger partial charge in [-0.1, -0.05) is 23.5 Å². The maximum absolute atomic E-state index is 13.0. The Balaban J connectivity index is 1.28. The number of benzene rings is 1. The van der Waals surface area contributed by atoms with E-state index in [-0.39, 0.29) is 5.82 Å². The minimum atomic E-state index is -0.202. The first-order chi connectivity index (χ1) is 12.8. The lowest BCUT2D eigenvalue weighted by atomic mass is 9.96. The van der Waals surface area contributed by atoms with Crippen molar-refractivity contribution in [3.05, 3.63) is 40.7 Å². The zero-order valence-electron chi connectivity index (χ0n) is 14.9. The molecule has 140 valence electrons. The number of rotatable bonds is 5. The Morgan fingerprint density at radius 2 is 1.77 bits per heavy atom. The Kier molecular flexibility index (Phi) is 5.77. The molecule has 1 aromatic carbocycles. The number of hydrogen-bond donors (Lipinski definition) is 0. The number of anilines is 1. The molecule has 0 saturated carbocycles. The summed E-state index contributed by atoms with van der Waals surface area (Å²) in [5, 5.41) is 10.7. The Labute approximate surface area is 157 Å². The van der Waals surface area contributed by atoms with Gasteiger partial charge in [0.1, 0.15) is 10.8 Å². The van der Waals surface area contributed by atoms with Crippen LogP contribution >= 0.6 is 11.3 Å². The van der Waals surface area contributed by atoms with Crippen LogP contribution < -0.4 is 4.90 Å². The number of halogens is 1. The maximum Gasteiger partial charge on any atom is 0.208 e. The summed E-state index contributed by atoms with van der Waals surface area (Å²) in [7, 11) is 0. The summed E-state index contributed by atoms with van der Waals surface area (Å²) >= 11 is 1.66. The van der Waals surface area contributed by atoms with Gasteiger partial charge in [-0.3, -0.25) is 4.90 Å². The Morgan fingerprint density at radius 1 is 1.04 bits per heavy atom. The van der Waals surface area contributed by atoms with Crippen LogP contribution in [0.15, 0.2) is 24.3 Å². The average Bonchev–Trinajstić information content (AvgIpc) is 3.14. The first-order valence-electron chi connectivity index (χ1n) is 9.38. The highest BCUT2D eigenvalue weighted by molar-refractivity contribution is 7.15. The van der Waals surface area contributed by atoms with E-state index in [9.17, 15) is 4.39 Å². The highest BCUT2D eigenvalue weighted by atomic mass is 32.1. The third-order valence-electron chi connectivity index (χ3n) is 5.23. The van der Waals surface area contributed by atoms with E-state index < -0.39 is 0 Å². The molecule has 2 aliphatic heterocycles. The van der Waals surface area contributed by atoms with E-state index in [0.29, 0.717) is 6.42 Å². The first kappa shape index (κ1) is 17.8. The molecule has 0 atom stereocenters. The third-order valence-corrected chi connectivity index (χ3v) is 6.21. The number of piperidine rings is 1. The first-order valence-corrected chi connectivity index (χ1v) is 10.2. The van der Waals surface area contributed by atoms with Crippen molar-refractivity contribution < 1.29 is 9.13 Å². The SMILES string of the molecule is Fc1ccc(Cc2nnc(N3CCC(CN4CCOCC4)CC3)s2)cc1. The number of ether oxygens (including phenoxy) is 1. The lowest BCUT2D eigenvalue weighted by Crippen LogP contribution is -2.42. The lowest BCUT2D eigenvalue weighted by molar-refractivity contribution is 0.0289. The van der Waals surface area contributed by atoms with Gasteiger partial charge in [0.15, 0.2) is 0 Å². The van der Waals surface area contributed by atoms with E-state index in [1.54, 1.807) is 11.3 Å². The number of aromatic nitrogens is 2. The topological polar surface area (TPSA) is 41.5 Å². The van der Waals surface area contributed by atoms with Gasteiger partial charge in [-0.05, 0) is 36.5 Å². The van der Waals surface area contributed by atoms with Crippen LogP contribution in [0.1, 0.15) is 23.4 Å². The molecule has 2 aliphatic rings. The molecule has 0 radical (unpaired) electrons. The largest absolute Gasteiger partial charge is 0.379 e. The normalized spacial score (nSPS) is 19.8. The summed E-state index contributed by atoms with van der Waals surface area (Å²) in [4.78, 5) is 4.90. The third kappa shape index (κ3) is 4.58. The molecule has 7 heteroatoms. The van der Waals surface area contributed by atoms with Crippen molar-refractivity contribution in [2.45, 2.75) is 19.3 Å². The Bertz CT molecular complexity index is 694. The van der Waals surface area contributed by atoms with Crippen molar-refractivity contribution in [3.63, 3.8) is 0 Å². The van der Waals surface area contributed by atoms with Crippen molar-refractivity contribution in [1.29, 1.82) is 0 Å². The van der Waals surface area contributed by atoms with Gasteiger partial charge in [-0.15, -0.1) is 10.2 Å². The van der Waals surface area contributed by atoms with E-state index in [0.717, 1.165) is 61.0 Å². The fourth-order valence-corrected chi connectivity index (χ4v) is 4.60. The van der Waals surface area contributed by atoms with Crippen molar-refractivity contribution in [3.8, 4) is 0 Å². The molecule has 3 heterocycles. The van der Waals surface area contributed by atoms with E-state index in [1.165, 1.54) is 31.5 Å². The Hall–Kier alpha value is -1.57. The van der Waals surface area contributed by atoms with E-state index >= 15 is 0 Å². The molecule has 0 amide bonds. The summed E-state index contributed by atoms with van der Waals surface area (Å²) in [6, 6.07) is 6.62. The molecule has 2 saturated heterocycles. The van der Waals surface area contributed by atoms with Crippen LogP contribution in [0.2, 0.25) is 0 Å². The van der Waals surface area contributed by atoms with Gasteiger partial charge in [0, 0.05) is 39.1 Å².